The summed E-state index contributed by atoms with van der Waals surface area (Å²) in [4.78, 5) is 7.46. The number of imidazole rings is 1. The van der Waals surface area contributed by atoms with E-state index in [4.69, 9.17) is 11.6 Å². The third kappa shape index (κ3) is 2.74. The smallest absolute Gasteiger partial charge is 0.107 e. The first-order chi connectivity index (χ1) is 8.83. The minimum Gasteiger partial charge on any atom is -0.349 e. The molecule has 2 aliphatic carbocycles. The monoisotopic (exact) mass is 266 g/mol. The van der Waals surface area contributed by atoms with Gasteiger partial charge in [0.1, 0.15) is 5.82 Å². The zero-order valence-corrected chi connectivity index (χ0v) is 11.7. The highest BCUT2D eigenvalue weighted by molar-refractivity contribution is 6.20. The summed E-state index contributed by atoms with van der Waals surface area (Å²) in [5.41, 5.74) is 0. The predicted octanol–water partition coefficient (Wildman–Crippen LogP) is 4.17. The molecule has 0 aromatic carbocycles. The predicted molar refractivity (Wildman–Crippen MR) is 74.7 cm³/mol. The number of nitrogens with zero attached hydrogens (tertiary/aromatic N) is 1. The molecule has 2 nitrogen and oxygen atoms in total. The van der Waals surface area contributed by atoms with Gasteiger partial charge in [0, 0.05) is 24.2 Å². The molecule has 0 radical (unpaired) electrons. The van der Waals surface area contributed by atoms with E-state index in [1.165, 1.54) is 44.9 Å². The number of H-pyrrole nitrogens is 1. The largest absolute Gasteiger partial charge is 0.349 e. The molecule has 0 spiro atoms. The Hall–Kier alpha value is -0.500. The van der Waals surface area contributed by atoms with Crippen molar-refractivity contribution in [2.24, 2.45) is 17.8 Å². The van der Waals surface area contributed by atoms with Crippen molar-refractivity contribution in [3.63, 3.8) is 0 Å². The second kappa shape index (κ2) is 5.64. The van der Waals surface area contributed by atoms with E-state index in [0.29, 0.717) is 5.92 Å². The molecule has 1 N–H and O–H groups in total. The van der Waals surface area contributed by atoms with Crippen molar-refractivity contribution in [1.82, 2.24) is 9.97 Å². The van der Waals surface area contributed by atoms with Crippen molar-refractivity contribution in [1.29, 1.82) is 0 Å². The minimum absolute atomic E-state index is 0.263. The third-order valence-corrected chi connectivity index (χ3v) is 5.55. The number of hydrogen-bond donors (Lipinski definition) is 1. The molecule has 3 rings (SSSR count). The average molecular weight is 267 g/mol. The summed E-state index contributed by atoms with van der Waals surface area (Å²) in [5, 5.41) is 0.263. The Bertz CT molecular complexity index is 363. The van der Waals surface area contributed by atoms with Gasteiger partial charge < -0.3 is 4.98 Å². The molecule has 3 heteroatoms. The number of rotatable bonds is 3. The molecule has 100 valence electrons. The van der Waals surface area contributed by atoms with Crippen molar-refractivity contribution in [2.45, 2.75) is 56.7 Å². The standard InChI is InChI=1S/C15H23ClN2/c16-14(10-15-17-7-8-18-15)13-6-5-11-3-1-2-4-12(11)9-13/h7-8,11-14H,1-6,9-10H2,(H,17,18). The van der Waals surface area contributed by atoms with E-state index in [0.717, 1.165) is 24.1 Å². The topological polar surface area (TPSA) is 28.7 Å². The number of halogens is 1. The molecule has 0 amide bonds. The lowest BCUT2D eigenvalue weighted by molar-refractivity contribution is 0.127. The first-order valence-electron chi connectivity index (χ1n) is 7.45. The zero-order valence-electron chi connectivity index (χ0n) is 10.9. The minimum atomic E-state index is 0.263. The molecule has 0 aliphatic heterocycles. The van der Waals surface area contributed by atoms with Crippen molar-refractivity contribution in [2.75, 3.05) is 0 Å². The molecular weight excluding hydrogens is 244 g/mol. The van der Waals surface area contributed by atoms with Crippen LogP contribution in [0.1, 0.15) is 50.8 Å². The van der Waals surface area contributed by atoms with Crippen LogP contribution in [0.25, 0.3) is 0 Å². The molecule has 1 aromatic rings. The van der Waals surface area contributed by atoms with Crippen LogP contribution in [0.5, 0.6) is 0 Å². The molecule has 2 saturated carbocycles. The summed E-state index contributed by atoms with van der Waals surface area (Å²) in [6, 6.07) is 0. The van der Waals surface area contributed by atoms with Gasteiger partial charge in [-0.1, -0.05) is 25.7 Å². The lowest BCUT2D eigenvalue weighted by atomic mass is 9.66. The molecule has 1 heterocycles. The van der Waals surface area contributed by atoms with Crippen LogP contribution in [-0.2, 0) is 6.42 Å². The van der Waals surface area contributed by atoms with Gasteiger partial charge in [-0.25, -0.2) is 4.98 Å². The van der Waals surface area contributed by atoms with Gasteiger partial charge in [-0.2, -0.15) is 0 Å². The Kier molecular flexibility index (Phi) is 3.93. The van der Waals surface area contributed by atoms with Crippen molar-refractivity contribution in [3.8, 4) is 0 Å². The fourth-order valence-corrected chi connectivity index (χ4v) is 4.37. The first-order valence-corrected chi connectivity index (χ1v) is 7.89. The molecule has 4 atom stereocenters. The maximum atomic E-state index is 6.62. The maximum Gasteiger partial charge on any atom is 0.107 e. The third-order valence-electron chi connectivity index (χ3n) is 5.03. The van der Waals surface area contributed by atoms with Gasteiger partial charge in [0.2, 0.25) is 0 Å². The van der Waals surface area contributed by atoms with E-state index in [-0.39, 0.29) is 5.38 Å². The number of aromatic nitrogens is 2. The van der Waals surface area contributed by atoms with E-state index in [9.17, 15) is 0 Å². The van der Waals surface area contributed by atoms with Crippen LogP contribution in [0, 0.1) is 17.8 Å². The van der Waals surface area contributed by atoms with Crippen molar-refractivity contribution >= 4 is 11.6 Å². The molecule has 1 aromatic heterocycles. The van der Waals surface area contributed by atoms with Crippen molar-refractivity contribution in [3.05, 3.63) is 18.2 Å². The highest BCUT2D eigenvalue weighted by Gasteiger charge is 2.34. The quantitative estimate of drug-likeness (QED) is 0.818. The van der Waals surface area contributed by atoms with E-state index < -0.39 is 0 Å². The van der Waals surface area contributed by atoms with Gasteiger partial charge in [-0.05, 0) is 37.0 Å². The van der Waals surface area contributed by atoms with Gasteiger partial charge in [0.15, 0.2) is 0 Å². The molecule has 18 heavy (non-hydrogen) atoms. The van der Waals surface area contributed by atoms with Gasteiger partial charge in [-0.3, -0.25) is 0 Å². The van der Waals surface area contributed by atoms with Gasteiger partial charge in [0.05, 0.1) is 0 Å². The normalized spacial score (nSPS) is 33.9. The second-order valence-corrected chi connectivity index (χ2v) is 6.69. The molecule has 0 saturated heterocycles. The van der Waals surface area contributed by atoms with Crippen LogP contribution in [0.15, 0.2) is 12.4 Å². The summed E-state index contributed by atoms with van der Waals surface area (Å²) in [5.74, 6) is 3.73. The second-order valence-electron chi connectivity index (χ2n) is 6.13. The van der Waals surface area contributed by atoms with Crippen LogP contribution < -0.4 is 0 Å². The Morgan fingerprint density at radius 3 is 2.83 bits per heavy atom. The summed E-state index contributed by atoms with van der Waals surface area (Å²) < 4.78 is 0. The van der Waals surface area contributed by atoms with E-state index in [2.05, 4.69) is 9.97 Å². The molecule has 0 bridgehead atoms. The van der Waals surface area contributed by atoms with Crippen LogP contribution >= 0.6 is 11.6 Å². The Morgan fingerprint density at radius 1 is 1.22 bits per heavy atom. The SMILES string of the molecule is ClC(Cc1ncc[nH]1)C1CCC2CCCCC2C1. The Labute approximate surface area is 115 Å². The summed E-state index contributed by atoms with van der Waals surface area (Å²) in [6.45, 7) is 0. The summed E-state index contributed by atoms with van der Waals surface area (Å²) in [6.07, 6.45) is 14.5. The lowest BCUT2D eigenvalue weighted by Crippen LogP contribution is -2.32. The summed E-state index contributed by atoms with van der Waals surface area (Å²) in [7, 11) is 0. The highest BCUT2D eigenvalue weighted by Crippen LogP contribution is 2.44. The van der Waals surface area contributed by atoms with Crippen LogP contribution in [0.3, 0.4) is 0 Å². The molecule has 2 fully saturated rings. The van der Waals surface area contributed by atoms with Crippen LogP contribution in [-0.4, -0.2) is 15.3 Å². The molecule has 4 unspecified atom stereocenters. The number of fused-ring (bicyclic) bond motifs is 1. The number of nitrogens with one attached hydrogen (secondary N) is 1. The van der Waals surface area contributed by atoms with Crippen LogP contribution in [0.4, 0.5) is 0 Å². The fourth-order valence-electron chi connectivity index (χ4n) is 4.00. The summed E-state index contributed by atoms with van der Waals surface area (Å²) >= 11 is 6.62. The lowest BCUT2D eigenvalue weighted by Gasteiger charge is -2.40. The Balaban J connectivity index is 1.56. The number of aromatic amines is 1. The molecular formula is C15H23ClN2. The van der Waals surface area contributed by atoms with E-state index >= 15 is 0 Å². The first kappa shape index (κ1) is 12.5. The van der Waals surface area contributed by atoms with Gasteiger partial charge >= 0.3 is 0 Å². The van der Waals surface area contributed by atoms with Gasteiger partial charge in [0.25, 0.3) is 0 Å². The highest BCUT2D eigenvalue weighted by atomic mass is 35.5. The Morgan fingerprint density at radius 2 is 2.06 bits per heavy atom. The average Bonchev–Trinajstić information content (AvgIpc) is 2.91. The fraction of sp³-hybridized carbons (Fsp3) is 0.800. The van der Waals surface area contributed by atoms with Gasteiger partial charge in [-0.15, -0.1) is 11.6 Å². The van der Waals surface area contributed by atoms with E-state index in [1.807, 2.05) is 12.4 Å². The number of alkyl halides is 1. The zero-order chi connectivity index (χ0) is 12.4. The van der Waals surface area contributed by atoms with Crippen molar-refractivity contribution < 1.29 is 0 Å². The maximum absolute atomic E-state index is 6.62. The number of hydrogen-bond acceptors (Lipinski definition) is 1. The molecule has 2 aliphatic rings. The van der Waals surface area contributed by atoms with Crippen LogP contribution in [0.2, 0.25) is 0 Å². The van der Waals surface area contributed by atoms with E-state index in [1.54, 1.807) is 0 Å².